The molecule has 0 amide bonds. The molecule has 0 aliphatic heterocycles. The van der Waals surface area contributed by atoms with Gasteiger partial charge in [-0.2, -0.15) is 0 Å². The molecule has 0 bridgehead atoms. The third-order valence-electron chi connectivity index (χ3n) is 4.55. The molecule has 1 aromatic carbocycles. The van der Waals surface area contributed by atoms with Crippen LogP contribution in [0.15, 0.2) is 39.8 Å². The van der Waals surface area contributed by atoms with Crippen LogP contribution in [0.25, 0.3) is 11.1 Å². The van der Waals surface area contributed by atoms with Gasteiger partial charge in [0, 0.05) is 5.56 Å². The van der Waals surface area contributed by atoms with Crippen molar-refractivity contribution >= 4 is 22.9 Å². The third kappa shape index (κ3) is 3.60. The lowest BCUT2D eigenvalue weighted by molar-refractivity contribution is 0.0526. The van der Waals surface area contributed by atoms with Crippen LogP contribution in [0.3, 0.4) is 0 Å². The van der Waals surface area contributed by atoms with Gasteiger partial charge in [0.15, 0.2) is 5.78 Å². The van der Waals surface area contributed by atoms with E-state index >= 15 is 0 Å². The molecule has 0 aliphatic carbocycles. The van der Waals surface area contributed by atoms with Gasteiger partial charge < -0.3 is 9.15 Å². The molecule has 0 fully saturated rings. The van der Waals surface area contributed by atoms with Gasteiger partial charge in [0.1, 0.15) is 23.0 Å². The van der Waals surface area contributed by atoms with Gasteiger partial charge in [0.25, 0.3) is 5.56 Å². The van der Waals surface area contributed by atoms with Gasteiger partial charge in [-0.25, -0.2) is 9.78 Å². The van der Waals surface area contributed by atoms with Gasteiger partial charge in [-0.3, -0.25) is 14.2 Å². The number of carbonyl (C=O) groups excluding carboxylic acids is 2. The summed E-state index contributed by atoms with van der Waals surface area (Å²) in [5.74, 6) is -0.252. The molecule has 0 radical (unpaired) electrons. The van der Waals surface area contributed by atoms with Gasteiger partial charge >= 0.3 is 5.97 Å². The van der Waals surface area contributed by atoms with Gasteiger partial charge in [-0.1, -0.05) is 38.1 Å². The van der Waals surface area contributed by atoms with Crippen molar-refractivity contribution in [3.8, 4) is 0 Å². The summed E-state index contributed by atoms with van der Waals surface area (Å²) in [7, 11) is 0. The number of ether oxygens (including phenoxy) is 1. The average Bonchev–Trinajstić information content (AvgIpc) is 3.01. The first kappa shape index (κ1) is 19.5. The molecular weight excluding hydrogens is 360 g/mol. The first-order valence-electron chi connectivity index (χ1n) is 9.12. The number of hydrogen-bond donors (Lipinski definition) is 0. The van der Waals surface area contributed by atoms with Crippen LogP contribution < -0.4 is 5.56 Å². The van der Waals surface area contributed by atoms with E-state index in [1.807, 2.05) is 12.1 Å². The summed E-state index contributed by atoms with van der Waals surface area (Å²) in [6.45, 7) is 7.38. The van der Waals surface area contributed by atoms with Crippen LogP contribution in [0.2, 0.25) is 0 Å². The van der Waals surface area contributed by atoms with E-state index in [-0.39, 0.29) is 41.4 Å². The van der Waals surface area contributed by atoms with Crippen LogP contribution in [-0.2, 0) is 11.3 Å². The van der Waals surface area contributed by atoms with Crippen molar-refractivity contribution in [2.75, 3.05) is 6.61 Å². The normalized spacial score (nSPS) is 11.2. The maximum atomic E-state index is 12.9. The van der Waals surface area contributed by atoms with Crippen LogP contribution in [0.1, 0.15) is 58.7 Å². The van der Waals surface area contributed by atoms with E-state index in [1.54, 1.807) is 26.0 Å². The van der Waals surface area contributed by atoms with E-state index in [4.69, 9.17) is 9.15 Å². The van der Waals surface area contributed by atoms with Crippen LogP contribution in [0, 0.1) is 6.92 Å². The Bertz CT molecular complexity index is 1090. The number of carbonyl (C=O) groups is 2. The average molecular weight is 382 g/mol. The maximum Gasteiger partial charge on any atom is 0.342 e. The molecule has 0 unspecified atom stereocenters. The summed E-state index contributed by atoms with van der Waals surface area (Å²) < 4.78 is 11.6. The molecule has 28 heavy (non-hydrogen) atoms. The van der Waals surface area contributed by atoms with Gasteiger partial charge in [0.2, 0.25) is 5.71 Å². The minimum atomic E-state index is -0.647. The van der Waals surface area contributed by atoms with Crippen molar-refractivity contribution in [1.29, 1.82) is 0 Å². The molecule has 0 saturated carbocycles. The molecule has 0 atom stereocenters. The maximum absolute atomic E-state index is 12.9. The number of aromatic nitrogens is 2. The van der Waals surface area contributed by atoms with Gasteiger partial charge in [-0.05, 0) is 25.3 Å². The van der Waals surface area contributed by atoms with E-state index in [9.17, 15) is 14.4 Å². The van der Waals surface area contributed by atoms with E-state index < -0.39 is 11.5 Å². The number of benzene rings is 1. The van der Waals surface area contributed by atoms with E-state index in [2.05, 4.69) is 18.8 Å². The van der Waals surface area contributed by atoms with E-state index in [0.717, 1.165) is 5.56 Å². The summed E-state index contributed by atoms with van der Waals surface area (Å²) in [5, 5.41) is 0.0291. The first-order valence-corrected chi connectivity index (χ1v) is 9.12. The molecule has 7 heteroatoms. The molecule has 7 nitrogen and oxygen atoms in total. The highest BCUT2D eigenvalue weighted by molar-refractivity contribution is 6.03. The molecule has 3 rings (SSSR count). The van der Waals surface area contributed by atoms with Crippen LogP contribution in [0.5, 0.6) is 0 Å². The zero-order chi connectivity index (χ0) is 20.4. The number of esters is 1. The molecule has 2 heterocycles. The number of rotatable bonds is 6. The van der Waals surface area contributed by atoms with Crippen molar-refractivity contribution in [3.05, 3.63) is 63.4 Å². The highest BCUT2D eigenvalue weighted by Gasteiger charge is 2.24. The largest absolute Gasteiger partial charge is 0.462 e. The summed E-state index contributed by atoms with van der Waals surface area (Å²) in [6.07, 6.45) is 1.25. The monoisotopic (exact) mass is 382 g/mol. The number of ketones is 1. The van der Waals surface area contributed by atoms with Crippen molar-refractivity contribution in [3.63, 3.8) is 0 Å². The number of hydrogen-bond acceptors (Lipinski definition) is 6. The quantitative estimate of drug-likeness (QED) is 0.479. The molecule has 0 aliphatic rings. The van der Waals surface area contributed by atoms with Gasteiger partial charge in [-0.15, -0.1) is 0 Å². The van der Waals surface area contributed by atoms with E-state index in [0.29, 0.717) is 11.5 Å². The van der Waals surface area contributed by atoms with Crippen LogP contribution in [0.4, 0.5) is 0 Å². The Morgan fingerprint density at radius 1 is 1.21 bits per heavy atom. The summed E-state index contributed by atoms with van der Waals surface area (Å²) in [6, 6.07) is 7.31. The number of furan rings is 1. The first-order chi connectivity index (χ1) is 13.3. The number of Topliss-reactive ketones (excluding diaryl/α,β-unsaturated/α-hetero) is 1. The fraction of sp³-hybridized carbons (Fsp3) is 0.333. The molecule has 0 N–H and O–H groups in total. The number of nitrogens with zero attached hydrogens (tertiary/aromatic N) is 2. The standard InChI is InChI=1S/C21H22N2O5/c1-5-27-21(26)17-13(4)28-19-18(17)20(25)23(11-22-19)10-16(24)15-8-6-14(7-9-15)12(2)3/h6-9,11-12H,5,10H2,1-4H3. The molecule has 146 valence electrons. The Balaban J connectivity index is 1.96. The molecule has 0 saturated heterocycles. The summed E-state index contributed by atoms with van der Waals surface area (Å²) in [5.41, 5.74) is 1.22. The third-order valence-corrected chi connectivity index (χ3v) is 4.55. The zero-order valence-corrected chi connectivity index (χ0v) is 16.3. The number of aryl methyl sites for hydroxylation is 1. The molecular formula is C21H22N2O5. The van der Waals surface area contributed by atoms with Crippen molar-refractivity contribution in [1.82, 2.24) is 9.55 Å². The topological polar surface area (TPSA) is 91.4 Å². The SMILES string of the molecule is CCOC(=O)c1c(C)oc2ncn(CC(=O)c3ccc(C(C)C)cc3)c(=O)c12. The lowest BCUT2D eigenvalue weighted by Crippen LogP contribution is -2.25. The van der Waals surface area contributed by atoms with Crippen LogP contribution in [-0.4, -0.2) is 27.9 Å². The lowest BCUT2D eigenvalue weighted by atomic mass is 10.0. The Kier molecular flexibility index (Phi) is 5.44. The second-order valence-electron chi connectivity index (χ2n) is 6.81. The Morgan fingerprint density at radius 3 is 2.50 bits per heavy atom. The molecule has 3 aromatic rings. The fourth-order valence-electron chi connectivity index (χ4n) is 3.00. The Morgan fingerprint density at radius 2 is 1.89 bits per heavy atom. The van der Waals surface area contributed by atoms with E-state index in [1.165, 1.54) is 10.9 Å². The van der Waals surface area contributed by atoms with Crippen molar-refractivity contribution in [2.24, 2.45) is 0 Å². The van der Waals surface area contributed by atoms with Gasteiger partial charge in [0.05, 0.1) is 13.2 Å². The fourth-order valence-corrected chi connectivity index (χ4v) is 3.00. The van der Waals surface area contributed by atoms with Crippen LogP contribution >= 0.6 is 0 Å². The second kappa shape index (κ2) is 7.80. The Hall–Kier alpha value is -3.22. The smallest absolute Gasteiger partial charge is 0.342 e. The summed E-state index contributed by atoms with van der Waals surface area (Å²) >= 11 is 0. The minimum Gasteiger partial charge on any atom is -0.462 e. The second-order valence-corrected chi connectivity index (χ2v) is 6.81. The summed E-state index contributed by atoms with van der Waals surface area (Å²) in [4.78, 5) is 41.8. The molecule has 2 aromatic heterocycles. The number of fused-ring (bicyclic) bond motifs is 1. The van der Waals surface area contributed by atoms with Crippen molar-refractivity contribution < 1.29 is 18.7 Å². The zero-order valence-electron chi connectivity index (χ0n) is 16.3. The molecule has 0 spiro atoms. The highest BCUT2D eigenvalue weighted by Crippen LogP contribution is 2.22. The van der Waals surface area contributed by atoms with Crippen molar-refractivity contribution in [2.45, 2.75) is 40.2 Å². The predicted octanol–water partition coefficient (Wildman–Crippen LogP) is 3.48. The lowest BCUT2D eigenvalue weighted by Gasteiger charge is -2.08. The minimum absolute atomic E-state index is 0.0291. The Labute approximate surface area is 161 Å². The highest BCUT2D eigenvalue weighted by atomic mass is 16.5. The predicted molar refractivity (Wildman–Crippen MR) is 104 cm³/mol.